The molecule has 0 spiro atoms. The SMILES string of the molecule is COC(=O)c1ccc(CNC(=O)COc2ccc(C=O)cc2OC)cc1. The van der Waals surface area contributed by atoms with E-state index in [1.165, 1.54) is 20.3 Å². The fourth-order valence-electron chi connectivity index (χ4n) is 2.15. The lowest BCUT2D eigenvalue weighted by molar-refractivity contribution is -0.123. The molecule has 0 bridgehead atoms. The molecule has 26 heavy (non-hydrogen) atoms. The maximum absolute atomic E-state index is 11.9. The van der Waals surface area contributed by atoms with Gasteiger partial charge in [0.1, 0.15) is 6.29 Å². The zero-order valence-electron chi connectivity index (χ0n) is 14.5. The Kier molecular flexibility index (Phi) is 6.73. The number of rotatable bonds is 8. The highest BCUT2D eigenvalue weighted by Crippen LogP contribution is 2.27. The van der Waals surface area contributed by atoms with Gasteiger partial charge >= 0.3 is 5.97 Å². The Balaban J connectivity index is 1.86. The second-order valence-electron chi connectivity index (χ2n) is 5.28. The molecule has 2 aromatic rings. The van der Waals surface area contributed by atoms with Crippen LogP contribution in [0.25, 0.3) is 0 Å². The quantitative estimate of drug-likeness (QED) is 0.574. The molecule has 7 nitrogen and oxygen atoms in total. The van der Waals surface area contributed by atoms with Crippen LogP contribution in [0.15, 0.2) is 42.5 Å². The van der Waals surface area contributed by atoms with Gasteiger partial charge in [-0.15, -0.1) is 0 Å². The number of ether oxygens (including phenoxy) is 3. The highest BCUT2D eigenvalue weighted by Gasteiger charge is 2.09. The molecule has 1 N–H and O–H groups in total. The van der Waals surface area contributed by atoms with Gasteiger partial charge in [0, 0.05) is 12.1 Å². The molecule has 0 aliphatic heterocycles. The first-order valence-electron chi connectivity index (χ1n) is 7.77. The van der Waals surface area contributed by atoms with Gasteiger partial charge in [0.2, 0.25) is 0 Å². The van der Waals surface area contributed by atoms with Crippen molar-refractivity contribution in [2.24, 2.45) is 0 Å². The third-order valence-corrected chi connectivity index (χ3v) is 3.55. The van der Waals surface area contributed by atoms with Crippen LogP contribution in [-0.4, -0.2) is 39.0 Å². The van der Waals surface area contributed by atoms with Crippen molar-refractivity contribution in [3.63, 3.8) is 0 Å². The maximum Gasteiger partial charge on any atom is 0.337 e. The molecule has 0 aromatic heterocycles. The number of methoxy groups -OCH3 is 2. The number of amides is 1. The fourth-order valence-corrected chi connectivity index (χ4v) is 2.15. The van der Waals surface area contributed by atoms with Crippen molar-refractivity contribution < 1.29 is 28.6 Å². The molecule has 0 fully saturated rings. The minimum atomic E-state index is -0.413. The summed E-state index contributed by atoms with van der Waals surface area (Å²) in [6.45, 7) is 0.0991. The van der Waals surface area contributed by atoms with Gasteiger partial charge in [0.25, 0.3) is 5.91 Å². The number of esters is 1. The summed E-state index contributed by atoms with van der Waals surface area (Å²) in [7, 11) is 2.77. The lowest BCUT2D eigenvalue weighted by Crippen LogP contribution is -2.28. The fraction of sp³-hybridized carbons (Fsp3) is 0.211. The van der Waals surface area contributed by atoms with Crippen molar-refractivity contribution in [2.45, 2.75) is 6.54 Å². The zero-order chi connectivity index (χ0) is 18.9. The Morgan fingerprint density at radius 1 is 1.04 bits per heavy atom. The molecule has 0 aliphatic carbocycles. The first-order valence-corrected chi connectivity index (χ1v) is 7.77. The Hall–Kier alpha value is -3.35. The van der Waals surface area contributed by atoms with Gasteiger partial charge in [0.15, 0.2) is 18.1 Å². The van der Waals surface area contributed by atoms with E-state index in [0.29, 0.717) is 35.5 Å². The summed E-state index contributed by atoms with van der Waals surface area (Å²) in [6, 6.07) is 11.4. The smallest absolute Gasteiger partial charge is 0.337 e. The van der Waals surface area contributed by atoms with E-state index >= 15 is 0 Å². The van der Waals surface area contributed by atoms with Crippen molar-refractivity contribution in [1.29, 1.82) is 0 Å². The molecule has 0 heterocycles. The topological polar surface area (TPSA) is 90.9 Å². The van der Waals surface area contributed by atoms with Crippen LogP contribution in [0, 0.1) is 0 Å². The second-order valence-corrected chi connectivity index (χ2v) is 5.28. The van der Waals surface area contributed by atoms with Gasteiger partial charge in [-0.05, 0) is 35.9 Å². The largest absolute Gasteiger partial charge is 0.493 e. The number of hydrogen-bond donors (Lipinski definition) is 1. The number of aldehydes is 1. The number of benzene rings is 2. The molecule has 0 radical (unpaired) electrons. The molecule has 0 atom stereocenters. The van der Waals surface area contributed by atoms with Crippen LogP contribution >= 0.6 is 0 Å². The van der Waals surface area contributed by atoms with E-state index in [2.05, 4.69) is 10.1 Å². The van der Waals surface area contributed by atoms with Crippen molar-refractivity contribution in [1.82, 2.24) is 5.32 Å². The van der Waals surface area contributed by atoms with E-state index in [9.17, 15) is 14.4 Å². The second kappa shape index (κ2) is 9.22. The number of nitrogens with one attached hydrogen (secondary N) is 1. The molecule has 7 heteroatoms. The number of hydrogen-bond acceptors (Lipinski definition) is 6. The standard InChI is InChI=1S/C19H19NO6/c1-24-17-9-14(11-21)5-8-16(17)26-12-18(22)20-10-13-3-6-15(7-4-13)19(23)25-2/h3-9,11H,10,12H2,1-2H3,(H,20,22). The van der Waals surface area contributed by atoms with E-state index < -0.39 is 5.97 Å². The van der Waals surface area contributed by atoms with E-state index in [0.717, 1.165) is 5.56 Å². The van der Waals surface area contributed by atoms with Crippen molar-refractivity contribution in [2.75, 3.05) is 20.8 Å². The highest BCUT2D eigenvalue weighted by molar-refractivity contribution is 5.89. The summed E-state index contributed by atoms with van der Waals surface area (Å²) in [6.07, 6.45) is 0.699. The lowest BCUT2D eigenvalue weighted by atomic mass is 10.1. The molecular formula is C19H19NO6. The zero-order valence-corrected chi connectivity index (χ0v) is 14.5. The summed E-state index contributed by atoms with van der Waals surface area (Å²) in [5, 5.41) is 2.71. The summed E-state index contributed by atoms with van der Waals surface area (Å²) >= 11 is 0. The van der Waals surface area contributed by atoms with Crippen molar-refractivity contribution >= 4 is 18.2 Å². The molecule has 1 amide bonds. The monoisotopic (exact) mass is 357 g/mol. The highest BCUT2D eigenvalue weighted by atomic mass is 16.5. The van der Waals surface area contributed by atoms with Gasteiger partial charge in [-0.3, -0.25) is 9.59 Å². The molecule has 136 valence electrons. The number of carbonyl (C=O) groups excluding carboxylic acids is 3. The molecule has 2 rings (SSSR count). The predicted octanol–water partition coefficient (Wildman–Crippen LogP) is 1.99. The van der Waals surface area contributed by atoms with Crippen LogP contribution in [0.1, 0.15) is 26.3 Å². The molecule has 0 saturated carbocycles. The van der Waals surface area contributed by atoms with E-state index in [4.69, 9.17) is 9.47 Å². The summed E-state index contributed by atoms with van der Waals surface area (Å²) in [5.74, 6) is 0.0172. The Labute approximate surface area is 150 Å². The molecular weight excluding hydrogens is 338 g/mol. The van der Waals surface area contributed by atoms with E-state index in [1.807, 2.05) is 0 Å². The van der Waals surface area contributed by atoms with Crippen LogP contribution in [-0.2, 0) is 16.1 Å². The van der Waals surface area contributed by atoms with Crippen molar-refractivity contribution in [3.05, 3.63) is 59.2 Å². The maximum atomic E-state index is 11.9. The van der Waals surface area contributed by atoms with Gasteiger partial charge in [0.05, 0.1) is 19.8 Å². The normalized spacial score (nSPS) is 9.92. The van der Waals surface area contributed by atoms with Crippen LogP contribution in [0.2, 0.25) is 0 Å². The first kappa shape index (κ1) is 19.0. The summed E-state index contributed by atoms with van der Waals surface area (Å²) < 4.78 is 15.2. The minimum absolute atomic E-state index is 0.197. The lowest BCUT2D eigenvalue weighted by Gasteiger charge is -2.11. The average molecular weight is 357 g/mol. The van der Waals surface area contributed by atoms with Crippen LogP contribution < -0.4 is 14.8 Å². The molecule has 0 aliphatic rings. The summed E-state index contributed by atoms with van der Waals surface area (Å²) in [5.41, 5.74) is 1.73. The number of carbonyl (C=O) groups is 3. The Morgan fingerprint density at radius 3 is 2.38 bits per heavy atom. The van der Waals surface area contributed by atoms with Crippen molar-refractivity contribution in [3.8, 4) is 11.5 Å². The van der Waals surface area contributed by atoms with Gasteiger partial charge in [-0.1, -0.05) is 12.1 Å². The molecule has 2 aromatic carbocycles. The Morgan fingerprint density at radius 2 is 1.77 bits per heavy atom. The predicted molar refractivity (Wildman–Crippen MR) is 93.5 cm³/mol. The van der Waals surface area contributed by atoms with Crippen LogP contribution in [0.5, 0.6) is 11.5 Å². The van der Waals surface area contributed by atoms with Crippen LogP contribution in [0.3, 0.4) is 0 Å². The van der Waals surface area contributed by atoms with Gasteiger partial charge < -0.3 is 19.5 Å². The van der Waals surface area contributed by atoms with Gasteiger partial charge in [-0.25, -0.2) is 4.79 Å². The van der Waals surface area contributed by atoms with Crippen LogP contribution in [0.4, 0.5) is 0 Å². The third-order valence-electron chi connectivity index (χ3n) is 3.55. The van der Waals surface area contributed by atoms with E-state index in [-0.39, 0.29) is 12.5 Å². The minimum Gasteiger partial charge on any atom is -0.493 e. The first-order chi connectivity index (χ1) is 12.6. The van der Waals surface area contributed by atoms with E-state index in [1.54, 1.807) is 36.4 Å². The third kappa shape index (κ3) is 5.07. The van der Waals surface area contributed by atoms with Gasteiger partial charge in [-0.2, -0.15) is 0 Å². The Bertz CT molecular complexity index is 785. The molecule has 0 unspecified atom stereocenters. The summed E-state index contributed by atoms with van der Waals surface area (Å²) in [4.78, 5) is 34.1. The molecule has 0 saturated heterocycles. The average Bonchev–Trinajstić information content (AvgIpc) is 2.70.